The summed E-state index contributed by atoms with van der Waals surface area (Å²) >= 11 is 1.92. The quantitative estimate of drug-likeness (QED) is 0.908. The van der Waals surface area contributed by atoms with Gasteiger partial charge in [-0.3, -0.25) is 4.90 Å². The molecule has 1 fully saturated rings. The predicted octanol–water partition coefficient (Wildman–Crippen LogP) is 2.97. The van der Waals surface area contributed by atoms with Crippen LogP contribution in [0.3, 0.4) is 0 Å². The largest absolute Gasteiger partial charge is 0.318 e. The second-order valence-electron chi connectivity index (χ2n) is 4.76. The van der Waals surface area contributed by atoms with E-state index in [-0.39, 0.29) is 12.4 Å². The smallest absolute Gasteiger partial charge is 0.0248 e. The van der Waals surface area contributed by atoms with Gasteiger partial charge in [-0.05, 0) is 51.9 Å². The zero-order valence-corrected chi connectivity index (χ0v) is 12.6. The lowest BCUT2D eigenvalue weighted by molar-refractivity contribution is 0.242. The molecule has 1 atom stereocenters. The predicted molar refractivity (Wildman–Crippen MR) is 78.4 cm³/mol. The lowest BCUT2D eigenvalue weighted by atomic mass is 10.2. The first-order chi connectivity index (χ1) is 7.70. The normalized spacial score (nSPS) is 20.5. The molecule has 1 unspecified atom stereocenters. The summed E-state index contributed by atoms with van der Waals surface area (Å²) in [4.78, 5) is 5.56. The molecule has 1 aromatic heterocycles. The SMILES string of the molecule is CNCC1CCCN1Cc1cc(C)sc1C.Cl. The van der Waals surface area contributed by atoms with Crippen LogP contribution in [0, 0.1) is 13.8 Å². The molecule has 2 nitrogen and oxygen atoms in total. The number of nitrogens with zero attached hydrogens (tertiary/aromatic N) is 1. The number of nitrogens with one attached hydrogen (secondary N) is 1. The number of likely N-dealkylation sites (N-methyl/N-ethyl adjacent to an activating group) is 1. The minimum absolute atomic E-state index is 0. The number of likely N-dealkylation sites (tertiary alicyclic amines) is 1. The average Bonchev–Trinajstić information content (AvgIpc) is 2.77. The van der Waals surface area contributed by atoms with Gasteiger partial charge < -0.3 is 5.32 Å². The van der Waals surface area contributed by atoms with Crippen molar-refractivity contribution in [3.05, 3.63) is 21.4 Å². The highest BCUT2D eigenvalue weighted by Gasteiger charge is 2.24. The van der Waals surface area contributed by atoms with Gasteiger partial charge in [0, 0.05) is 28.9 Å². The van der Waals surface area contributed by atoms with E-state index in [0.717, 1.165) is 19.1 Å². The van der Waals surface area contributed by atoms with E-state index < -0.39 is 0 Å². The summed E-state index contributed by atoms with van der Waals surface area (Å²) < 4.78 is 0. The average molecular weight is 275 g/mol. The van der Waals surface area contributed by atoms with Crippen LogP contribution in [-0.2, 0) is 6.54 Å². The van der Waals surface area contributed by atoms with Gasteiger partial charge in [0.2, 0.25) is 0 Å². The number of thiophene rings is 1. The van der Waals surface area contributed by atoms with Crippen molar-refractivity contribution in [1.82, 2.24) is 10.2 Å². The number of halogens is 1. The number of hydrogen-bond acceptors (Lipinski definition) is 3. The standard InChI is InChI=1S/C13H22N2S.ClH/c1-10-7-12(11(2)16-10)9-15-6-4-5-13(15)8-14-3;/h7,13-14H,4-6,8-9H2,1-3H3;1H. The van der Waals surface area contributed by atoms with Crippen LogP contribution in [0.4, 0.5) is 0 Å². The van der Waals surface area contributed by atoms with Gasteiger partial charge in [-0.25, -0.2) is 0 Å². The van der Waals surface area contributed by atoms with E-state index in [1.54, 1.807) is 0 Å². The number of aryl methyl sites for hydroxylation is 2. The zero-order valence-electron chi connectivity index (χ0n) is 11.0. The zero-order chi connectivity index (χ0) is 11.5. The van der Waals surface area contributed by atoms with Gasteiger partial charge in [0.05, 0.1) is 0 Å². The fraction of sp³-hybridized carbons (Fsp3) is 0.692. The van der Waals surface area contributed by atoms with Crippen molar-refractivity contribution >= 4 is 23.7 Å². The second-order valence-corrected chi connectivity index (χ2v) is 6.22. The molecule has 0 spiro atoms. The Labute approximate surface area is 115 Å². The monoisotopic (exact) mass is 274 g/mol. The van der Waals surface area contributed by atoms with Gasteiger partial charge in [0.15, 0.2) is 0 Å². The molecule has 2 heterocycles. The van der Waals surface area contributed by atoms with E-state index in [4.69, 9.17) is 0 Å². The van der Waals surface area contributed by atoms with Gasteiger partial charge in [-0.2, -0.15) is 0 Å². The van der Waals surface area contributed by atoms with Gasteiger partial charge in [-0.15, -0.1) is 23.7 Å². The van der Waals surface area contributed by atoms with Crippen LogP contribution >= 0.6 is 23.7 Å². The summed E-state index contributed by atoms with van der Waals surface area (Å²) in [7, 11) is 2.05. The van der Waals surface area contributed by atoms with Crippen molar-refractivity contribution in [3.8, 4) is 0 Å². The molecular weight excluding hydrogens is 252 g/mol. The van der Waals surface area contributed by atoms with Crippen molar-refractivity contribution < 1.29 is 0 Å². The topological polar surface area (TPSA) is 15.3 Å². The minimum atomic E-state index is 0. The maximum Gasteiger partial charge on any atom is 0.0248 e. The van der Waals surface area contributed by atoms with Gasteiger partial charge >= 0.3 is 0 Å². The number of hydrogen-bond donors (Lipinski definition) is 1. The van der Waals surface area contributed by atoms with E-state index in [2.05, 4.69) is 37.2 Å². The molecule has 0 radical (unpaired) electrons. The van der Waals surface area contributed by atoms with Crippen LogP contribution in [-0.4, -0.2) is 31.1 Å². The molecular formula is C13H23ClN2S. The van der Waals surface area contributed by atoms with Crippen LogP contribution in [0.2, 0.25) is 0 Å². The van der Waals surface area contributed by atoms with Crippen molar-refractivity contribution in [2.45, 2.75) is 39.3 Å². The lowest BCUT2D eigenvalue weighted by Crippen LogP contribution is -2.36. The summed E-state index contributed by atoms with van der Waals surface area (Å²) in [5.74, 6) is 0. The summed E-state index contributed by atoms with van der Waals surface area (Å²) in [6.45, 7) is 7.98. The third-order valence-corrected chi connectivity index (χ3v) is 4.46. The van der Waals surface area contributed by atoms with E-state index in [0.29, 0.717) is 0 Å². The third-order valence-electron chi connectivity index (χ3n) is 3.46. The van der Waals surface area contributed by atoms with E-state index >= 15 is 0 Å². The minimum Gasteiger partial charge on any atom is -0.318 e. The Bertz CT molecular complexity index is 351. The third kappa shape index (κ3) is 3.68. The highest BCUT2D eigenvalue weighted by Crippen LogP contribution is 2.25. The Morgan fingerprint density at radius 2 is 2.24 bits per heavy atom. The summed E-state index contributed by atoms with van der Waals surface area (Å²) in [5, 5.41) is 3.31. The van der Waals surface area contributed by atoms with E-state index in [1.165, 1.54) is 34.7 Å². The van der Waals surface area contributed by atoms with Gasteiger partial charge in [0.25, 0.3) is 0 Å². The fourth-order valence-corrected chi connectivity index (χ4v) is 3.57. The Balaban J connectivity index is 0.00000144. The van der Waals surface area contributed by atoms with E-state index in [9.17, 15) is 0 Å². The first-order valence-electron chi connectivity index (χ1n) is 6.15. The van der Waals surface area contributed by atoms with Crippen LogP contribution < -0.4 is 5.32 Å². The molecule has 1 N–H and O–H groups in total. The van der Waals surface area contributed by atoms with Crippen molar-refractivity contribution in [2.75, 3.05) is 20.1 Å². The molecule has 1 saturated heterocycles. The van der Waals surface area contributed by atoms with Crippen LogP contribution in [0.15, 0.2) is 6.07 Å². The van der Waals surface area contributed by atoms with Gasteiger partial charge in [0.1, 0.15) is 0 Å². The van der Waals surface area contributed by atoms with Crippen molar-refractivity contribution in [3.63, 3.8) is 0 Å². The first-order valence-corrected chi connectivity index (χ1v) is 6.97. The molecule has 17 heavy (non-hydrogen) atoms. The van der Waals surface area contributed by atoms with Crippen LogP contribution in [0.5, 0.6) is 0 Å². The highest BCUT2D eigenvalue weighted by atomic mass is 35.5. The molecule has 0 aromatic carbocycles. The second kappa shape index (κ2) is 6.74. The Morgan fingerprint density at radius 1 is 1.47 bits per heavy atom. The van der Waals surface area contributed by atoms with E-state index in [1.807, 2.05) is 11.3 Å². The number of rotatable bonds is 4. The molecule has 1 aliphatic rings. The summed E-state index contributed by atoms with van der Waals surface area (Å²) in [6, 6.07) is 3.10. The van der Waals surface area contributed by atoms with Crippen molar-refractivity contribution in [1.29, 1.82) is 0 Å². The first kappa shape index (κ1) is 15.0. The molecule has 4 heteroatoms. The molecule has 2 rings (SSSR count). The molecule has 0 amide bonds. The Morgan fingerprint density at radius 3 is 2.82 bits per heavy atom. The summed E-state index contributed by atoms with van der Waals surface area (Å²) in [5.41, 5.74) is 1.53. The maximum absolute atomic E-state index is 3.31. The Hall–Kier alpha value is -0.0900. The highest BCUT2D eigenvalue weighted by molar-refractivity contribution is 7.12. The maximum atomic E-state index is 3.31. The Kier molecular flexibility index (Phi) is 5.93. The molecule has 0 bridgehead atoms. The van der Waals surface area contributed by atoms with Gasteiger partial charge in [-0.1, -0.05) is 0 Å². The molecule has 0 saturated carbocycles. The fourth-order valence-electron chi connectivity index (χ4n) is 2.63. The van der Waals surface area contributed by atoms with Crippen LogP contribution in [0.1, 0.15) is 28.2 Å². The molecule has 98 valence electrons. The molecule has 1 aromatic rings. The summed E-state index contributed by atoms with van der Waals surface area (Å²) in [6.07, 6.45) is 2.71. The lowest BCUT2D eigenvalue weighted by Gasteiger charge is -2.24. The van der Waals surface area contributed by atoms with Crippen LogP contribution in [0.25, 0.3) is 0 Å². The molecule has 0 aliphatic carbocycles. The molecule has 1 aliphatic heterocycles. The van der Waals surface area contributed by atoms with Crippen molar-refractivity contribution in [2.24, 2.45) is 0 Å².